The highest BCUT2D eigenvalue weighted by Crippen LogP contribution is 2.33. The normalized spacial score (nSPS) is 22.8. The Hall–Kier alpha value is -0.910. The minimum absolute atomic E-state index is 0.315. The maximum absolute atomic E-state index is 12.5. The van der Waals surface area contributed by atoms with E-state index in [4.69, 9.17) is 9.47 Å². The van der Waals surface area contributed by atoms with Crippen molar-refractivity contribution in [3.63, 3.8) is 0 Å². The fourth-order valence-electron chi connectivity index (χ4n) is 2.54. The van der Waals surface area contributed by atoms with Crippen LogP contribution in [0, 0.1) is 0 Å². The maximum atomic E-state index is 12.5. The molecule has 0 spiro atoms. The van der Waals surface area contributed by atoms with Crippen LogP contribution in [0.2, 0.25) is 0 Å². The average Bonchev–Trinajstić information content (AvgIpc) is 2.37. The average molecular weight is 317 g/mol. The van der Waals surface area contributed by atoms with Crippen molar-refractivity contribution >= 4 is 23.8 Å². The number of hydrogen-bond donors (Lipinski definition) is 0. The van der Waals surface area contributed by atoms with Gasteiger partial charge in [0, 0.05) is 12.3 Å². The molecule has 0 N–H and O–H groups in total. The van der Waals surface area contributed by atoms with Crippen LogP contribution in [0.5, 0.6) is 0 Å². The zero-order valence-corrected chi connectivity index (χ0v) is 14.5. The fourth-order valence-corrected chi connectivity index (χ4v) is 3.44. The van der Waals surface area contributed by atoms with Crippen LogP contribution in [0.1, 0.15) is 47.0 Å². The number of hydrogen-bond acceptors (Lipinski definition) is 5. The summed E-state index contributed by atoms with van der Waals surface area (Å²) in [4.78, 5) is 26.6. The number of piperidine rings is 1. The smallest absolute Gasteiger partial charge is 0.411 e. The molecule has 0 aliphatic carbocycles. The highest BCUT2D eigenvalue weighted by Gasteiger charge is 2.50. The molecular weight excluding hydrogens is 290 g/mol. The van der Waals surface area contributed by atoms with Crippen molar-refractivity contribution < 1.29 is 19.1 Å². The Morgan fingerprint density at radius 1 is 1.29 bits per heavy atom. The number of carbonyl (C=O) groups excluding carboxylic acids is 2. The Bertz CT molecular complexity index is 376. The number of esters is 1. The van der Waals surface area contributed by atoms with Gasteiger partial charge in [-0.15, -0.1) is 0 Å². The minimum atomic E-state index is -0.893. The molecule has 5 nitrogen and oxygen atoms in total. The van der Waals surface area contributed by atoms with Crippen molar-refractivity contribution in [3.8, 4) is 0 Å². The van der Waals surface area contributed by atoms with E-state index >= 15 is 0 Å². The zero-order valence-electron chi connectivity index (χ0n) is 13.7. The van der Waals surface area contributed by atoms with Gasteiger partial charge in [-0.05, 0) is 53.2 Å². The van der Waals surface area contributed by atoms with Crippen LogP contribution in [0.25, 0.3) is 0 Å². The molecule has 1 rings (SSSR count). The number of nitrogens with zero attached hydrogens (tertiary/aromatic N) is 1. The Morgan fingerprint density at radius 2 is 1.95 bits per heavy atom. The van der Waals surface area contributed by atoms with Crippen molar-refractivity contribution in [1.82, 2.24) is 4.90 Å². The SMILES string of the molecule is CCOC(=O)[C@]1(CSC)CCCCN1C(=O)OC(C)(C)C. The number of amides is 1. The van der Waals surface area contributed by atoms with Gasteiger partial charge in [-0.25, -0.2) is 9.59 Å². The van der Waals surface area contributed by atoms with Crippen LogP contribution in [0.15, 0.2) is 0 Å². The van der Waals surface area contributed by atoms with Crippen molar-refractivity contribution in [2.75, 3.05) is 25.2 Å². The predicted octanol–water partition coefficient (Wildman–Crippen LogP) is 3.07. The Labute approximate surface area is 131 Å². The lowest BCUT2D eigenvalue weighted by atomic mass is 9.88. The van der Waals surface area contributed by atoms with Gasteiger partial charge in [0.2, 0.25) is 0 Å². The number of ether oxygens (including phenoxy) is 2. The summed E-state index contributed by atoms with van der Waals surface area (Å²) in [6.07, 6.45) is 3.94. The Morgan fingerprint density at radius 3 is 2.48 bits per heavy atom. The van der Waals surface area contributed by atoms with Gasteiger partial charge in [-0.1, -0.05) is 0 Å². The molecule has 1 amide bonds. The van der Waals surface area contributed by atoms with Gasteiger partial charge < -0.3 is 9.47 Å². The van der Waals surface area contributed by atoms with Gasteiger partial charge in [-0.2, -0.15) is 11.8 Å². The van der Waals surface area contributed by atoms with E-state index in [1.54, 1.807) is 23.6 Å². The first-order chi connectivity index (χ1) is 9.77. The Kier molecular flexibility index (Phi) is 6.38. The molecule has 1 saturated heterocycles. The maximum Gasteiger partial charge on any atom is 0.411 e. The number of likely N-dealkylation sites (tertiary alicyclic amines) is 1. The van der Waals surface area contributed by atoms with Crippen molar-refractivity contribution in [2.24, 2.45) is 0 Å². The van der Waals surface area contributed by atoms with Crippen molar-refractivity contribution in [1.29, 1.82) is 0 Å². The van der Waals surface area contributed by atoms with Crippen molar-refractivity contribution in [2.45, 2.75) is 58.1 Å². The van der Waals surface area contributed by atoms with Gasteiger partial charge >= 0.3 is 12.1 Å². The lowest BCUT2D eigenvalue weighted by Crippen LogP contribution is -2.62. The molecule has 0 aromatic carbocycles. The second-order valence-electron chi connectivity index (χ2n) is 6.27. The summed E-state index contributed by atoms with van der Waals surface area (Å²) < 4.78 is 10.7. The molecule has 1 aliphatic rings. The summed E-state index contributed by atoms with van der Waals surface area (Å²) in [5.41, 5.74) is -1.47. The minimum Gasteiger partial charge on any atom is -0.464 e. The van der Waals surface area contributed by atoms with Crippen LogP contribution in [0.4, 0.5) is 4.79 Å². The van der Waals surface area contributed by atoms with Crippen LogP contribution < -0.4 is 0 Å². The molecule has 1 fully saturated rings. The molecule has 0 bridgehead atoms. The number of carbonyl (C=O) groups is 2. The second kappa shape index (κ2) is 7.38. The molecule has 1 heterocycles. The fraction of sp³-hybridized carbons (Fsp3) is 0.867. The molecule has 1 atom stereocenters. The topological polar surface area (TPSA) is 55.8 Å². The van der Waals surface area contributed by atoms with E-state index in [1.807, 2.05) is 27.0 Å². The van der Waals surface area contributed by atoms with Gasteiger partial charge in [0.05, 0.1) is 6.61 Å². The molecule has 0 saturated carbocycles. The first-order valence-electron chi connectivity index (χ1n) is 7.43. The zero-order chi connectivity index (χ0) is 16.1. The number of thioether (sulfide) groups is 1. The largest absolute Gasteiger partial charge is 0.464 e. The predicted molar refractivity (Wildman–Crippen MR) is 84.5 cm³/mol. The molecule has 6 heteroatoms. The highest BCUT2D eigenvalue weighted by molar-refractivity contribution is 7.98. The first kappa shape index (κ1) is 18.1. The molecule has 1 aliphatic heterocycles. The Balaban J connectivity index is 3.04. The second-order valence-corrected chi connectivity index (χ2v) is 7.14. The van der Waals surface area contributed by atoms with E-state index in [9.17, 15) is 9.59 Å². The summed E-state index contributed by atoms with van der Waals surface area (Å²) in [5.74, 6) is 0.218. The molecule has 0 aromatic heterocycles. The van der Waals surface area contributed by atoms with Crippen LogP contribution in [-0.4, -0.2) is 53.3 Å². The molecule has 0 radical (unpaired) electrons. The van der Waals surface area contributed by atoms with Crippen LogP contribution in [-0.2, 0) is 14.3 Å². The van der Waals surface area contributed by atoms with Gasteiger partial charge in [0.15, 0.2) is 5.54 Å². The first-order valence-corrected chi connectivity index (χ1v) is 8.83. The van der Waals surface area contributed by atoms with Gasteiger partial charge in [0.1, 0.15) is 5.60 Å². The summed E-state index contributed by atoms with van der Waals surface area (Å²) in [7, 11) is 0. The summed E-state index contributed by atoms with van der Waals surface area (Å²) in [5, 5.41) is 0. The molecule has 122 valence electrons. The summed E-state index contributed by atoms with van der Waals surface area (Å²) in [6, 6.07) is 0. The monoisotopic (exact) mass is 317 g/mol. The summed E-state index contributed by atoms with van der Waals surface area (Å²) in [6.45, 7) is 8.12. The van der Waals surface area contributed by atoms with E-state index in [-0.39, 0.29) is 5.97 Å². The third kappa shape index (κ3) is 4.53. The van der Waals surface area contributed by atoms with Crippen LogP contribution >= 0.6 is 11.8 Å². The quantitative estimate of drug-likeness (QED) is 0.746. The van der Waals surface area contributed by atoms with Crippen molar-refractivity contribution in [3.05, 3.63) is 0 Å². The van der Waals surface area contributed by atoms with Gasteiger partial charge in [-0.3, -0.25) is 4.90 Å². The molecule has 21 heavy (non-hydrogen) atoms. The van der Waals surface area contributed by atoms with E-state index in [1.165, 1.54) is 0 Å². The third-order valence-corrected chi connectivity index (χ3v) is 4.16. The van der Waals surface area contributed by atoms with E-state index in [0.29, 0.717) is 25.3 Å². The van der Waals surface area contributed by atoms with Gasteiger partial charge in [0.25, 0.3) is 0 Å². The van der Waals surface area contributed by atoms with E-state index < -0.39 is 17.2 Å². The molecule has 0 unspecified atom stereocenters. The molecule has 0 aromatic rings. The summed E-state index contributed by atoms with van der Waals surface area (Å²) >= 11 is 1.55. The van der Waals surface area contributed by atoms with E-state index in [0.717, 1.165) is 12.8 Å². The lowest BCUT2D eigenvalue weighted by Gasteiger charge is -2.44. The third-order valence-electron chi connectivity index (χ3n) is 3.39. The molecular formula is C15H27NO4S. The number of rotatable bonds is 4. The highest BCUT2D eigenvalue weighted by atomic mass is 32.2. The van der Waals surface area contributed by atoms with Crippen LogP contribution in [0.3, 0.4) is 0 Å². The lowest BCUT2D eigenvalue weighted by molar-refractivity contribution is -0.158. The standard InChI is InChI=1S/C15H27NO4S/c1-6-19-12(17)15(11-21-5)9-7-8-10-16(15)13(18)20-14(2,3)4/h6-11H2,1-5H3/t15-/m1/s1. The van der Waals surface area contributed by atoms with E-state index in [2.05, 4.69) is 0 Å².